The molecule has 1 atom stereocenters. The number of carbonyl (C=O) groups excluding carboxylic acids is 2. The zero-order valence-electron chi connectivity index (χ0n) is 21.1. The van der Waals surface area contributed by atoms with Gasteiger partial charge in [-0.3, -0.25) is 9.59 Å². The Hall–Kier alpha value is -3.93. The van der Waals surface area contributed by atoms with Crippen LogP contribution in [0.1, 0.15) is 54.6 Å². The number of carbonyl (C=O) groups is 2. The molecule has 0 bridgehead atoms. The van der Waals surface area contributed by atoms with Gasteiger partial charge in [-0.15, -0.1) is 0 Å². The van der Waals surface area contributed by atoms with Crippen LogP contribution < -0.4 is 4.74 Å². The average Bonchev–Trinajstić information content (AvgIpc) is 3.09. The number of rotatable bonds is 5. The van der Waals surface area contributed by atoms with E-state index in [1.54, 1.807) is 44.4 Å². The first-order chi connectivity index (χ1) is 17.0. The van der Waals surface area contributed by atoms with E-state index in [0.717, 1.165) is 5.56 Å². The lowest BCUT2D eigenvalue weighted by Crippen LogP contribution is -2.29. The van der Waals surface area contributed by atoms with E-state index in [1.165, 1.54) is 17.0 Å². The van der Waals surface area contributed by atoms with E-state index in [9.17, 15) is 19.1 Å². The minimum atomic E-state index is -0.800. The predicted octanol–water partition coefficient (Wildman–Crippen LogP) is 6.06. The highest BCUT2D eigenvalue weighted by atomic mass is 19.1. The monoisotopic (exact) mass is 487 g/mol. The van der Waals surface area contributed by atoms with Crippen molar-refractivity contribution in [2.45, 2.75) is 45.7 Å². The third-order valence-corrected chi connectivity index (χ3v) is 6.59. The highest BCUT2D eigenvalue weighted by Gasteiger charge is 2.46. The summed E-state index contributed by atoms with van der Waals surface area (Å²) in [7, 11) is 1.55. The molecule has 0 aliphatic carbocycles. The number of amides is 1. The molecule has 186 valence electrons. The number of benzene rings is 3. The van der Waals surface area contributed by atoms with E-state index in [2.05, 4.69) is 20.8 Å². The Kier molecular flexibility index (Phi) is 6.72. The van der Waals surface area contributed by atoms with Crippen LogP contribution in [-0.2, 0) is 21.5 Å². The second-order valence-electron chi connectivity index (χ2n) is 10.1. The summed E-state index contributed by atoms with van der Waals surface area (Å²) in [4.78, 5) is 28.0. The number of likely N-dealkylation sites (tertiary alicyclic amines) is 1. The Labute approximate surface area is 210 Å². The minimum Gasteiger partial charge on any atom is -0.507 e. The van der Waals surface area contributed by atoms with Crippen molar-refractivity contribution in [3.05, 3.63) is 106 Å². The van der Waals surface area contributed by atoms with Crippen molar-refractivity contribution in [2.24, 2.45) is 0 Å². The van der Waals surface area contributed by atoms with Crippen molar-refractivity contribution in [3.8, 4) is 5.75 Å². The number of hydrogen-bond donors (Lipinski definition) is 1. The lowest BCUT2D eigenvalue weighted by atomic mass is 9.85. The van der Waals surface area contributed by atoms with Crippen LogP contribution in [-0.4, -0.2) is 28.8 Å². The molecule has 1 saturated heterocycles. The maximum absolute atomic E-state index is 13.5. The van der Waals surface area contributed by atoms with Crippen LogP contribution in [0.5, 0.6) is 5.75 Å². The summed E-state index contributed by atoms with van der Waals surface area (Å²) >= 11 is 0. The number of halogens is 1. The molecule has 3 aromatic carbocycles. The van der Waals surface area contributed by atoms with Crippen molar-refractivity contribution in [1.82, 2.24) is 4.90 Å². The summed E-state index contributed by atoms with van der Waals surface area (Å²) in [6.07, 6.45) is 0. The third-order valence-electron chi connectivity index (χ3n) is 6.59. The molecule has 5 nitrogen and oxygen atoms in total. The van der Waals surface area contributed by atoms with Crippen molar-refractivity contribution >= 4 is 17.4 Å². The summed E-state index contributed by atoms with van der Waals surface area (Å²) in [5, 5.41) is 11.4. The smallest absolute Gasteiger partial charge is 0.295 e. The van der Waals surface area contributed by atoms with Gasteiger partial charge in [-0.2, -0.15) is 0 Å². The third kappa shape index (κ3) is 4.76. The zero-order valence-corrected chi connectivity index (χ0v) is 21.1. The van der Waals surface area contributed by atoms with Gasteiger partial charge in [-0.25, -0.2) is 4.39 Å². The lowest BCUT2D eigenvalue weighted by Gasteiger charge is -2.27. The maximum atomic E-state index is 13.5. The molecule has 0 saturated carbocycles. The summed E-state index contributed by atoms with van der Waals surface area (Å²) < 4.78 is 18.7. The molecule has 1 aliphatic heterocycles. The van der Waals surface area contributed by atoms with E-state index in [4.69, 9.17) is 4.74 Å². The highest BCUT2D eigenvalue weighted by Crippen LogP contribution is 2.41. The Morgan fingerprint density at radius 2 is 1.64 bits per heavy atom. The molecule has 1 fully saturated rings. The van der Waals surface area contributed by atoms with E-state index >= 15 is 0 Å². The molecule has 1 unspecified atom stereocenters. The predicted molar refractivity (Wildman–Crippen MR) is 137 cm³/mol. The minimum absolute atomic E-state index is 0.0267. The largest absolute Gasteiger partial charge is 0.507 e. The van der Waals surface area contributed by atoms with Crippen molar-refractivity contribution in [2.75, 3.05) is 7.11 Å². The number of Topliss-reactive ketones (excluding diaryl/α,β-unsaturated/α-hetero) is 1. The molecular formula is C30H30FNO4. The Bertz CT molecular complexity index is 1330. The number of aliphatic hydroxyl groups excluding tert-OH is 1. The van der Waals surface area contributed by atoms with Gasteiger partial charge in [-0.05, 0) is 64.9 Å². The molecule has 0 spiro atoms. The molecule has 1 amide bonds. The van der Waals surface area contributed by atoms with Crippen LogP contribution >= 0.6 is 0 Å². The molecule has 4 rings (SSSR count). The number of ketones is 1. The molecule has 36 heavy (non-hydrogen) atoms. The van der Waals surface area contributed by atoms with Crippen LogP contribution in [0.15, 0.2) is 72.3 Å². The highest BCUT2D eigenvalue weighted by molar-refractivity contribution is 6.46. The van der Waals surface area contributed by atoms with E-state index < -0.39 is 17.7 Å². The molecule has 1 aliphatic rings. The fourth-order valence-corrected chi connectivity index (χ4v) is 4.52. The fraction of sp³-hybridized carbons (Fsp3) is 0.267. The van der Waals surface area contributed by atoms with E-state index in [1.807, 2.05) is 24.3 Å². The first-order valence-corrected chi connectivity index (χ1v) is 11.8. The fourth-order valence-electron chi connectivity index (χ4n) is 4.52. The summed E-state index contributed by atoms with van der Waals surface area (Å²) in [6, 6.07) is 17.9. The lowest BCUT2D eigenvalue weighted by molar-refractivity contribution is -0.140. The molecule has 0 radical (unpaired) electrons. The number of aryl methyl sites for hydroxylation is 1. The Balaban J connectivity index is 1.87. The molecule has 0 aromatic heterocycles. The number of ether oxygens (including phenoxy) is 1. The van der Waals surface area contributed by atoms with Crippen LogP contribution in [0.4, 0.5) is 4.39 Å². The van der Waals surface area contributed by atoms with Crippen LogP contribution in [0.2, 0.25) is 0 Å². The van der Waals surface area contributed by atoms with Crippen LogP contribution in [0.3, 0.4) is 0 Å². The van der Waals surface area contributed by atoms with Crippen molar-refractivity contribution in [3.63, 3.8) is 0 Å². The molecule has 6 heteroatoms. The van der Waals surface area contributed by atoms with Crippen molar-refractivity contribution in [1.29, 1.82) is 0 Å². The molecule has 1 heterocycles. The molecular weight excluding hydrogens is 457 g/mol. The number of methoxy groups -OCH3 is 1. The summed E-state index contributed by atoms with van der Waals surface area (Å²) in [6.45, 7) is 8.22. The van der Waals surface area contributed by atoms with Gasteiger partial charge in [0.1, 0.15) is 17.3 Å². The van der Waals surface area contributed by atoms with Crippen LogP contribution in [0, 0.1) is 12.7 Å². The van der Waals surface area contributed by atoms with Gasteiger partial charge >= 0.3 is 0 Å². The second kappa shape index (κ2) is 9.61. The Morgan fingerprint density at radius 1 is 1.00 bits per heavy atom. The standard InChI is InChI=1S/C30H30FNO4/c1-18-16-23(36-5)14-15-24(18)27(33)25-26(20-8-10-21(11-9-20)30(2,3)4)32(29(35)28(25)34)17-19-6-12-22(31)13-7-19/h6-16,26,33H,17H2,1-5H3/b27-25-. The second-order valence-corrected chi connectivity index (χ2v) is 10.1. The maximum Gasteiger partial charge on any atom is 0.295 e. The average molecular weight is 488 g/mol. The van der Waals surface area contributed by atoms with Gasteiger partial charge in [0.15, 0.2) is 0 Å². The van der Waals surface area contributed by atoms with Gasteiger partial charge in [0.05, 0.1) is 18.7 Å². The topological polar surface area (TPSA) is 66.8 Å². The Morgan fingerprint density at radius 3 is 2.19 bits per heavy atom. The quantitative estimate of drug-likeness (QED) is 0.270. The van der Waals surface area contributed by atoms with E-state index in [0.29, 0.717) is 28.0 Å². The molecule has 1 N–H and O–H groups in total. The van der Waals surface area contributed by atoms with Gasteiger partial charge in [0.2, 0.25) is 0 Å². The number of nitrogens with zero attached hydrogens (tertiary/aromatic N) is 1. The van der Waals surface area contributed by atoms with E-state index in [-0.39, 0.29) is 29.1 Å². The van der Waals surface area contributed by atoms with Gasteiger partial charge in [0, 0.05) is 12.1 Å². The normalized spacial score (nSPS) is 17.5. The number of aliphatic hydroxyl groups is 1. The summed E-state index contributed by atoms with van der Waals surface area (Å²) in [5.74, 6) is -1.47. The van der Waals surface area contributed by atoms with Gasteiger partial charge in [0.25, 0.3) is 11.7 Å². The van der Waals surface area contributed by atoms with Crippen LogP contribution in [0.25, 0.3) is 5.76 Å². The summed E-state index contributed by atoms with van der Waals surface area (Å²) in [5.41, 5.74) is 3.60. The van der Waals surface area contributed by atoms with Crippen molar-refractivity contribution < 1.29 is 23.8 Å². The van der Waals surface area contributed by atoms with Gasteiger partial charge < -0.3 is 14.7 Å². The van der Waals surface area contributed by atoms with Gasteiger partial charge in [-0.1, -0.05) is 57.2 Å². The SMILES string of the molecule is COc1ccc(/C(O)=C2/C(=O)C(=O)N(Cc3ccc(F)cc3)C2c2ccc(C(C)(C)C)cc2)c(C)c1. The number of hydrogen-bond acceptors (Lipinski definition) is 4. The molecule has 3 aromatic rings. The first kappa shape index (κ1) is 25.2. The zero-order chi connectivity index (χ0) is 26.2. The first-order valence-electron chi connectivity index (χ1n) is 11.8.